The van der Waals surface area contributed by atoms with Crippen LogP contribution in [0.15, 0.2) is 53.6 Å². The highest BCUT2D eigenvalue weighted by atomic mass is 16.5. The van der Waals surface area contributed by atoms with Gasteiger partial charge in [-0.1, -0.05) is 18.6 Å². The molecule has 0 saturated carbocycles. The molecule has 0 spiro atoms. The zero-order valence-electron chi connectivity index (χ0n) is 17.3. The maximum Gasteiger partial charge on any atom is 0.251 e. The number of ether oxygens (including phenoxy) is 2. The fourth-order valence-electron chi connectivity index (χ4n) is 4.11. The number of likely N-dealkylation sites (tertiary alicyclic amines) is 1. The van der Waals surface area contributed by atoms with Gasteiger partial charge in [0.05, 0.1) is 26.0 Å². The lowest BCUT2D eigenvalue weighted by Gasteiger charge is -2.35. The molecule has 30 heavy (non-hydrogen) atoms. The van der Waals surface area contributed by atoms with Crippen molar-refractivity contribution in [2.24, 2.45) is 0 Å². The SMILES string of the molecule is COc1cccc(CN2CCCC[C@@H]2c2cc(=O)[nH]c(-c3ccncc3)n2)c1OC. The van der Waals surface area contributed by atoms with E-state index in [0.717, 1.165) is 54.1 Å². The summed E-state index contributed by atoms with van der Waals surface area (Å²) in [4.78, 5) is 26.5. The molecule has 0 bridgehead atoms. The first-order valence-electron chi connectivity index (χ1n) is 10.1. The topological polar surface area (TPSA) is 80.3 Å². The molecule has 2 aromatic heterocycles. The number of aromatic nitrogens is 3. The Bertz CT molecular complexity index is 1050. The van der Waals surface area contributed by atoms with Gasteiger partial charge in [0.2, 0.25) is 0 Å². The van der Waals surface area contributed by atoms with Crippen LogP contribution in [0, 0.1) is 0 Å². The Labute approximate surface area is 175 Å². The molecule has 1 aromatic carbocycles. The van der Waals surface area contributed by atoms with E-state index in [2.05, 4.69) is 20.9 Å². The Hall–Kier alpha value is -3.19. The van der Waals surface area contributed by atoms with Crippen LogP contribution in [0.4, 0.5) is 0 Å². The Morgan fingerprint density at radius 1 is 1.13 bits per heavy atom. The van der Waals surface area contributed by atoms with Gasteiger partial charge in [-0.2, -0.15) is 0 Å². The number of piperidine rings is 1. The number of aromatic amines is 1. The summed E-state index contributed by atoms with van der Waals surface area (Å²) in [6.45, 7) is 1.63. The van der Waals surface area contributed by atoms with E-state index in [1.54, 1.807) is 32.7 Å². The van der Waals surface area contributed by atoms with Crippen molar-refractivity contribution < 1.29 is 9.47 Å². The minimum Gasteiger partial charge on any atom is -0.493 e. The van der Waals surface area contributed by atoms with Gasteiger partial charge in [-0.05, 0) is 37.6 Å². The van der Waals surface area contributed by atoms with E-state index in [9.17, 15) is 4.79 Å². The summed E-state index contributed by atoms with van der Waals surface area (Å²) >= 11 is 0. The Balaban J connectivity index is 1.67. The summed E-state index contributed by atoms with van der Waals surface area (Å²) in [7, 11) is 3.31. The lowest BCUT2D eigenvalue weighted by atomic mass is 9.98. The highest BCUT2D eigenvalue weighted by Gasteiger charge is 2.27. The summed E-state index contributed by atoms with van der Waals surface area (Å²) in [6.07, 6.45) is 6.57. The van der Waals surface area contributed by atoms with E-state index < -0.39 is 0 Å². The Kier molecular flexibility index (Phi) is 6.09. The summed E-state index contributed by atoms with van der Waals surface area (Å²) in [6, 6.07) is 11.3. The third-order valence-electron chi connectivity index (χ3n) is 5.53. The first-order valence-corrected chi connectivity index (χ1v) is 10.1. The molecule has 1 saturated heterocycles. The van der Waals surface area contributed by atoms with Crippen molar-refractivity contribution in [2.45, 2.75) is 31.8 Å². The van der Waals surface area contributed by atoms with Gasteiger partial charge in [0.15, 0.2) is 11.5 Å². The van der Waals surface area contributed by atoms with Gasteiger partial charge in [-0.15, -0.1) is 0 Å². The van der Waals surface area contributed by atoms with Crippen molar-refractivity contribution in [3.05, 3.63) is 70.4 Å². The number of para-hydroxylation sites is 1. The smallest absolute Gasteiger partial charge is 0.251 e. The van der Waals surface area contributed by atoms with E-state index in [4.69, 9.17) is 14.5 Å². The van der Waals surface area contributed by atoms with Gasteiger partial charge in [0.1, 0.15) is 5.82 Å². The number of H-pyrrole nitrogens is 1. The van der Waals surface area contributed by atoms with Crippen LogP contribution in [-0.4, -0.2) is 40.6 Å². The van der Waals surface area contributed by atoms with Gasteiger partial charge in [-0.3, -0.25) is 14.7 Å². The second-order valence-electron chi connectivity index (χ2n) is 7.39. The van der Waals surface area contributed by atoms with E-state index in [0.29, 0.717) is 12.4 Å². The van der Waals surface area contributed by atoms with E-state index >= 15 is 0 Å². The van der Waals surface area contributed by atoms with E-state index in [-0.39, 0.29) is 11.6 Å². The summed E-state index contributed by atoms with van der Waals surface area (Å²) in [5.41, 5.74) is 2.56. The molecule has 7 nitrogen and oxygen atoms in total. The average molecular weight is 406 g/mol. The predicted octanol–water partition coefficient (Wildman–Crippen LogP) is 3.58. The molecule has 1 aliphatic heterocycles. The lowest BCUT2D eigenvalue weighted by molar-refractivity contribution is 0.135. The molecule has 1 atom stereocenters. The molecule has 0 unspecified atom stereocenters. The zero-order chi connectivity index (χ0) is 20.9. The highest BCUT2D eigenvalue weighted by Crippen LogP contribution is 2.36. The van der Waals surface area contributed by atoms with Gasteiger partial charge in [0, 0.05) is 36.1 Å². The number of nitrogens with zero attached hydrogens (tertiary/aromatic N) is 3. The normalized spacial score (nSPS) is 16.9. The number of hydrogen-bond donors (Lipinski definition) is 1. The van der Waals surface area contributed by atoms with E-state index in [1.165, 1.54) is 0 Å². The van der Waals surface area contributed by atoms with E-state index in [1.807, 2.05) is 24.3 Å². The monoisotopic (exact) mass is 406 g/mol. The van der Waals surface area contributed by atoms with Crippen molar-refractivity contribution in [3.8, 4) is 22.9 Å². The van der Waals surface area contributed by atoms with Crippen LogP contribution in [0.3, 0.4) is 0 Å². The highest BCUT2D eigenvalue weighted by molar-refractivity contribution is 5.53. The second-order valence-corrected chi connectivity index (χ2v) is 7.39. The molecule has 3 heterocycles. The van der Waals surface area contributed by atoms with Crippen molar-refractivity contribution in [1.29, 1.82) is 0 Å². The minimum atomic E-state index is -0.142. The lowest BCUT2D eigenvalue weighted by Crippen LogP contribution is -2.34. The zero-order valence-corrected chi connectivity index (χ0v) is 17.3. The van der Waals surface area contributed by atoms with Crippen molar-refractivity contribution >= 4 is 0 Å². The van der Waals surface area contributed by atoms with Crippen molar-refractivity contribution in [3.63, 3.8) is 0 Å². The third kappa shape index (κ3) is 4.21. The maximum absolute atomic E-state index is 12.4. The number of benzene rings is 1. The third-order valence-corrected chi connectivity index (χ3v) is 5.53. The van der Waals surface area contributed by atoms with Crippen LogP contribution in [0.2, 0.25) is 0 Å². The second kappa shape index (κ2) is 9.09. The van der Waals surface area contributed by atoms with Crippen LogP contribution in [0.1, 0.15) is 36.6 Å². The molecule has 1 aliphatic rings. The molecule has 156 valence electrons. The molecule has 0 aliphatic carbocycles. The molecule has 0 amide bonds. The molecule has 7 heteroatoms. The fourth-order valence-corrected chi connectivity index (χ4v) is 4.11. The maximum atomic E-state index is 12.4. The standard InChI is InChI=1S/C23H26N4O3/c1-29-20-8-5-6-17(22(20)30-2)15-27-13-4-3-7-19(27)18-14-21(28)26-23(25-18)16-9-11-24-12-10-16/h5-6,8-12,14,19H,3-4,7,13,15H2,1-2H3,(H,25,26,28)/t19-/m1/s1. The molecule has 4 rings (SSSR count). The number of rotatable bonds is 6. The summed E-state index contributed by atoms with van der Waals surface area (Å²) in [5, 5.41) is 0. The molecular weight excluding hydrogens is 380 g/mol. The molecule has 3 aromatic rings. The Morgan fingerprint density at radius 2 is 1.97 bits per heavy atom. The molecule has 1 fully saturated rings. The summed E-state index contributed by atoms with van der Waals surface area (Å²) in [5.74, 6) is 2.04. The van der Waals surface area contributed by atoms with Gasteiger partial charge < -0.3 is 14.5 Å². The number of pyridine rings is 1. The van der Waals surface area contributed by atoms with Crippen LogP contribution in [-0.2, 0) is 6.54 Å². The number of nitrogens with one attached hydrogen (secondary N) is 1. The van der Waals surface area contributed by atoms with Crippen LogP contribution < -0.4 is 15.0 Å². The number of methoxy groups -OCH3 is 2. The molecule has 0 radical (unpaired) electrons. The first kappa shape index (κ1) is 20.1. The first-order chi connectivity index (χ1) is 14.7. The van der Waals surface area contributed by atoms with Crippen LogP contribution in [0.5, 0.6) is 11.5 Å². The minimum absolute atomic E-state index is 0.0672. The van der Waals surface area contributed by atoms with Crippen LogP contribution in [0.25, 0.3) is 11.4 Å². The van der Waals surface area contributed by atoms with Gasteiger partial charge in [0.25, 0.3) is 5.56 Å². The predicted molar refractivity (Wildman–Crippen MR) is 115 cm³/mol. The number of hydrogen-bond acceptors (Lipinski definition) is 6. The van der Waals surface area contributed by atoms with Gasteiger partial charge >= 0.3 is 0 Å². The largest absolute Gasteiger partial charge is 0.493 e. The quantitative estimate of drug-likeness (QED) is 0.674. The van der Waals surface area contributed by atoms with Gasteiger partial charge in [-0.25, -0.2) is 4.98 Å². The fraction of sp³-hybridized carbons (Fsp3) is 0.348. The van der Waals surface area contributed by atoms with Crippen molar-refractivity contribution in [2.75, 3.05) is 20.8 Å². The summed E-state index contributed by atoms with van der Waals surface area (Å²) < 4.78 is 11.1. The average Bonchev–Trinajstić information content (AvgIpc) is 2.79. The van der Waals surface area contributed by atoms with Crippen LogP contribution >= 0.6 is 0 Å². The van der Waals surface area contributed by atoms with Crippen molar-refractivity contribution in [1.82, 2.24) is 19.9 Å². The molecule has 1 N–H and O–H groups in total. The Morgan fingerprint density at radius 3 is 2.73 bits per heavy atom. The molecular formula is C23H26N4O3.